The molecule has 3 heterocycles. The summed E-state index contributed by atoms with van der Waals surface area (Å²) >= 11 is 0. The Labute approximate surface area is 152 Å². The molecule has 0 bridgehead atoms. The summed E-state index contributed by atoms with van der Waals surface area (Å²) in [6.45, 7) is 4.38. The second kappa shape index (κ2) is 7.38. The lowest BCUT2D eigenvalue weighted by Gasteiger charge is -2.35. The maximum Gasteiger partial charge on any atom is 0.226 e. The Morgan fingerprint density at radius 1 is 1.08 bits per heavy atom. The molecular weight excluding hydrogens is 326 g/mol. The highest BCUT2D eigenvalue weighted by atomic mass is 16.3. The largest absolute Gasteiger partial charge is 0.444 e. The summed E-state index contributed by atoms with van der Waals surface area (Å²) in [6.07, 6.45) is 3.44. The van der Waals surface area contributed by atoms with E-state index in [1.54, 1.807) is 18.5 Å². The number of hydrogen-bond acceptors (Lipinski definition) is 6. The highest BCUT2D eigenvalue weighted by Crippen LogP contribution is 2.20. The quantitative estimate of drug-likeness (QED) is 0.724. The maximum absolute atomic E-state index is 9.03. The third-order valence-electron chi connectivity index (χ3n) is 4.53. The smallest absolute Gasteiger partial charge is 0.226 e. The summed E-state index contributed by atoms with van der Waals surface area (Å²) < 4.78 is 5.62. The third kappa shape index (κ3) is 3.58. The fraction of sp³-hybridized carbons (Fsp3) is 0.250. The number of rotatable bonds is 4. The summed E-state index contributed by atoms with van der Waals surface area (Å²) in [5, 5.41) is 9.03. The van der Waals surface area contributed by atoms with Crippen LogP contribution in [0.4, 0.5) is 5.82 Å². The summed E-state index contributed by atoms with van der Waals surface area (Å²) in [5.41, 5.74) is 2.59. The molecule has 6 nitrogen and oxygen atoms in total. The van der Waals surface area contributed by atoms with E-state index in [1.165, 1.54) is 0 Å². The van der Waals surface area contributed by atoms with Crippen LogP contribution in [0.25, 0.3) is 11.5 Å². The lowest BCUT2D eigenvalue weighted by molar-refractivity contribution is 0.246. The first-order valence-corrected chi connectivity index (χ1v) is 8.65. The van der Waals surface area contributed by atoms with Crippen LogP contribution in [0.5, 0.6) is 0 Å². The van der Waals surface area contributed by atoms with Gasteiger partial charge < -0.3 is 9.32 Å². The summed E-state index contributed by atoms with van der Waals surface area (Å²) in [7, 11) is 0. The molecule has 0 N–H and O–H groups in total. The second-order valence-corrected chi connectivity index (χ2v) is 6.29. The number of oxazole rings is 1. The van der Waals surface area contributed by atoms with Gasteiger partial charge in [0.25, 0.3) is 0 Å². The topological polar surface area (TPSA) is 69.2 Å². The molecule has 1 aliphatic rings. The van der Waals surface area contributed by atoms with Crippen LogP contribution in [0.15, 0.2) is 59.3 Å². The van der Waals surface area contributed by atoms with Gasteiger partial charge in [-0.3, -0.25) is 4.90 Å². The molecule has 0 unspecified atom stereocenters. The number of aromatic nitrogens is 2. The molecule has 1 aliphatic heterocycles. The first-order chi connectivity index (χ1) is 12.8. The maximum atomic E-state index is 9.03. The fourth-order valence-electron chi connectivity index (χ4n) is 3.12. The molecule has 0 saturated carbocycles. The zero-order valence-corrected chi connectivity index (χ0v) is 14.4. The Morgan fingerprint density at radius 2 is 1.88 bits per heavy atom. The van der Waals surface area contributed by atoms with Crippen molar-refractivity contribution in [3.8, 4) is 17.5 Å². The third-order valence-corrected chi connectivity index (χ3v) is 4.53. The Bertz CT molecular complexity index is 907. The van der Waals surface area contributed by atoms with Crippen molar-refractivity contribution in [3.63, 3.8) is 0 Å². The second-order valence-electron chi connectivity index (χ2n) is 6.29. The number of pyridine rings is 1. The Hall–Kier alpha value is -3.17. The summed E-state index contributed by atoms with van der Waals surface area (Å²) in [5.74, 6) is 1.54. The van der Waals surface area contributed by atoms with Crippen LogP contribution >= 0.6 is 0 Å². The number of nitriles is 1. The van der Waals surface area contributed by atoms with Crippen LogP contribution < -0.4 is 4.90 Å². The molecule has 3 aromatic rings. The molecule has 0 spiro atoms. The first kappa shape index (κ1) is 16.3. The highest BCUT2D eigenvalue weighted by Gasteiger charge is 2.19. The van der Waals surface area contributed by atoms with Crippen molar-refractivity contribution < 1.29 is 4.42 Å². The van der Waals surface area contributed by atoms with Gasteiger partial charge in [-0.05, 0) is 24.3 Å². The minimum Gasteiger partial charge on any atom is -0.444 e. The predicted octanol–water partition coefficient (Wildman–Crippen LogP) is 2.93. The van der Waals surface area contributed by atoms with Crippen LogP contribution in [0.3, 0.4) is 0 Å². The Kier molecular flexibility index (Phi) is 4.63. The molecule has 0 amide bonds. The molecule has 0 radical (unpaired) electrons. The molecule has 1 saturated heterocycles. The van der Waals surface area contributed by atoms with Crippen LogP contribution in [-0.2, 0) is 6.54 Å². The highest BCUT2D eigenvalue weighted by molar-refractivity contribution is 5.52. The minimum atomic E-state index is 0.647. The van der Waals surface area contributed by atoms with Crippen LogP contribution in [0.1, 0.15) is 11.3 Å². The molecular formula is C20H19N5O. The summed E-state index contributed by atoms with van der Waals surface area (Å²) in [6, 6.07) is 15.7. The van der Waals surface area contributed by atoms with Crippen molar-refractivity contribution in [1.29, 1.82) is 5.26 Å². The molecule has 0 aliphatic carbocycles. The molecule has 130 valence electrons. The van der Waals surface area contributed by atoms with Gasteiger partial charge in [-0.1, -0.05) is 18.2 Å². The molecule has 1 fully saturated rings. The monoisotopic (exact) mass is 345 g/mol. The van der Waals surface area contributed by atoms with Gasteiger partial charge in [0.2, 0.25) is 5.89 Å². The first-order valence-electron chi connectivity index (χ1n) is 8.65. The van der Waals surface area contributed by atoms with E-state index in [2.05, 4.69) is 25.8 Å². The molecule has 0 atom stereocenters. The standard InChI is InChI=1S/C20H19N5O/c21-13-16-6-7-22-19(12-16)25-10-8-24(9-11-25)14-18-15-26-20(23-18)17-4-2-1-3-5-17/h1-7,12,15H,8-11,14H2. The minimum absolute atomic E-state index is 0.647. The van der Waals surface area contributed by atoms with Gasteiger partial charge in [0.05, 0.1) is 17.3 Å². The van der Waals surface area contributed by atoms with Crippen molar-refractivity contribution in [1.82, 2.24) is 14.9 Å². The average Bonchev–Trinajstić information content (AvgIpc) is 3.18. The SMILES string of the molecule is N#Cc1ccnc(N2CCN(Cc3coc(-c4ccccc4)n3)CC2)c1. The van der Waals surface area contributed by atoms with E-state index in [9.17, 15) is 0 Å². The summed E-state index contributed by atoms with van der Waals surface area (Å²) in [4.78, 5) is 13.6. The fourth-order valence-corrected chi connectivity index (χ4v) is 3.12. The van der Waals surface area contributed by atoms with Crippen LogP contribution in [-0.4, -0.2) is 41.0 Å². The van der Waals surface area contributed by atoms with Crippen molar-refractivity contribution in [2.75, 3.05) is 31.1 Å². The molecule has 6 heteroatoms. The van der Waals surface area contributed by atoms with Crippen molar-refractivity contribution >= 4 is 5.82 Å². The number of anilines is 1. The number of benzene rings is 1. The van der Waals surface area contributed by atoms with Gasteiger partial charge in [-0.25, -0.2) is 9.97 Å². The van der Waals surface area contributed by atoms with E-state index in [0.717, 1.165) is 49.8 Å². The number of piperazine rings is 1. The van der Waals surface area contributed by atoms with E-state index in [0.29, 0.717) is 11.5 Å². The van der Waals surface area contributed by atoms with Gasteiger partial charge in [0, 0.05) is 44.5 Å². The number of nitrogens with zero attached hydrogens (tertiary/aromatic N) is 5. The average molecular weight is 345 g/mol. The number of hydrogen-bond donors (Lipinski definition) is 0. The molecule has 1 aromatic carbocycles. The van der Waals surface area contributed by atoms with Crippen LogP contribution in [0, 0.1) is 11.3 Å². The molecule has 2 aromatic heterocycles. The Balaban J connectivity index is 1.36. The van der Waals surface area contributed by atoms with E-state index >= 15 is 0 Å². The van der Waals surface area contributed by atoms with Gasteiger partial charge in [-0.2, -0.15) is 5.26 Å². The molecule has 26 heavy (non-hydrogen) atoms. The molecule has 4 rings (SSSR count). The van der Waals surface area contributed by atoms with Crippen molar-refractivity contribution in [2.24, 2.45) is 0 Å². The van der Waals surface area contributed by atoms with Gasteiger partial charge in [-0.15, -0.1) is 0 Å². The van der Waals surface area contributed by atoms with Gasteiger partial charge in [0.1, 0.15) is 12.1 Å². The zero-order chi connectivity index (χ0) is 17.8. The Morgan fingerprint density at radius 3 is 2.65 bits per heavy atom. The van der Waals surface area contributed by atoms with E-state index in [4.69, 9.17) is 9.68 Å². The zero-order valence-electron chi connectivity index (χ0n) is 14.4. The lowest BCUT2D eigenvalue weighted by atomic mass is 10.2. The van der Waals surface area contributed by atoms with Crippen molar-refractivity contribution in [2.45, 2.75) is 6.54 Å². The predicted molar refractivity (Wildman–Crippen MR) is 98.4 cm³/mol. The van der Waals surface area contributed by atoms with E-state index in [1.807, 2.05) is 36.4 Å². The van der Waals surface area contributed by atoms with E-state index < -0.39 is 0 Å². The van der Waals surface area contributed by atoms with Crippen LogP contribution in [0.2, 0.25) is 0 Å². The normalized spacial score (nSPS) is 15.0. The van der Waals surface area contributed by atoms with Crippen molar-refractivity contribution in [3.05, 3.63) is 66.2 Å². The van der Waals surface area contributed by atoms with E-state index in [-0.39, 0.29) is 0 Å². The van der Waals surface area contributed by atoms with Gasteiger partial charge >= 0.3 is 0 Å². The lowest BCUT2D eigenvalue weighted by Crippen LogP contribution is -2.46. The van der Waals surface area contributed by atoms with Gasteiger partial charge in [0.15, 0.2) is 0 Å².